The van der Waals surface area contributed by atoms with E-state index in [1.54, 1.807) is 23.9 Å². The molecule has 0 aromatic heterocycles. The van der Waals surface area contributed by atoms with Crippen LogP contribution < -0.4 is 5.32 Å². The summed E-state index contributed by atoms with van der Waals surface area (Å²) in [6.07, 6.45) is 5.95. The fourth-order valence-electron chi connectivity index (χ4n) is 4.01. The number of rotatable bonds is 3. The Morgan fingerprint density at radius 3 is 2.73 bits per heavy atom. The van der Waals surface area contributed by atoms with Gasteiger partial charge in [-0.3, -0.25) is 4.79 Å². The molecule has 2 bridgehead atoms. The summed E-state index contributed by atoms with van der Waals surface area (Å²) in [5, 5.41) is 13.5. The first-order valence-corrected chi connectivity index (χ1v) is 8.89. The van der Waals surface area contributed by atoms with Crippen molar-refractivity contribution in [3.63, 3.8) is 0 Å². The van der Waals surface area contributed by atoms with Gasteiger partial charge in [-0.15, -0.1) is 0 Å². The lowest BCUT2D eigenvalue weighted by atomic mass is 9.96. The molecule has 22 heavy (non-hydrogen) atoms. The standard InChI is InChI=1S/C17H20N2O2S/c20-13-5-2-10(3-6-13)9-15-16(21)19-17(22-15)18-14-8-11-1-4-12(14)7-11/h2-3,5-6,11-12,14-15,20H,1,4,7-9H2,(H,18,19,21). The van der Waals surface area contributed by atoms with Gasteiger partial charge in [0.25, 0.3) is 5.91 Å². The van der Waals surface area contributed by atoms with E-state index in [9.17, 15) is 9.90 Å². The predicted molar refractivity (Wildman–Crippen MR) is 88.0 cm³/mol. The first-order valence-electron chi connectivity index (χ1n) is 8.01. The van der Waals surface area contributed by atoms with Crippen molar-refractivity contribution in [3.05, 3.63) is 29.8 Å². The zero-order valence-electron chi connectivity index (χ0n) is 12.4. The molecule has 4 unspecified atom stereocenters. The molecule has 2 N–H and O–H groups in total. The third-order valence-corrected chi connectivity index (χ3v) is 6.23. The molecule has 1 aromatic rings. The highest BCUT2D eigenvalue weighted by Gasteiger charge is 2.41. The molecule has 4 atom stereocenters. The lowest BCUT2D eigenvalue weighted by molar-refractivity contribution is -0.117. The lowest BCUT2D eigenvalue weighted by Crippen LogP contribution is -2.36. The van der Waals surface area contributed by atoms with E-state index in [1.165, 1.54) is 25.7 Å². The molecule has 116 valence electrons. The normalized spacial score (nSPS) is 33.3. The first-order chi connectivity index (χ1) is 10.7. The van der Waals surface area contributed by atoms with Crippen LogP contribution >= 0.6 is 11.8 Å². The summed E-state index contributed by atoms with van der Waals surface area (Å²) in [6, 6.07) is 7.57. The minimum absolute atomic E-state index is 0.0382. The molecule has 3 aliphatic rings. The molecule has 1 aliphatic heterocycles. The van der Waals surface area contributed by atoms with Crippen LogP contribution in [0, 0.1) is 11.8 Å². The van der Waals surface area contributed by atoms with Crippen LogP contribution in [0.15, 0.2) is 29.3 Å². The summed E-state index contributed by atoms with van der Waals surface area (Å²) in [4.78, 5) is 16.3. The number of phenolic OH excluding ortho intramolecular Hbond substituents is 1. The molecule has 4 nitrogen and oxygen atoms in total. The van der Waals surface area contributed by atoms with Crippen molar-refractivity contribution in [1.82, 2.24) is 5.32 Å². The summed E-state index contributed by atoms with van der Waals surface area (Å²) >= 11 is 1.56. The maximum Gasteiger partial charge on any atom is 0.261 e. The van der Waals surface area contributed by atoms with Crippen molar-refractivity contribution in [2.75, 3.05) is 0 Å². The predicted octanol–water partition coefficient (Wildman–Crippen LogP) is 2.71. The molecule has 1 heterocycles. The number of aliphatic imine (C=N–C) groups is 1. The number of nitrogens with one attached hydrogen (secondary N) is 1. The van der Waals surface area contributed by atoms with Gasteiger partial charge in [0.2, 0.25) is 0 Å². The highest BCUT2D eigenvalue weighted by atomic mass is 32.2. The molecule has 5 heteroatoms. The number of hydrogen-bond donors (Lipinski definition) is 2. The van der Waals surface area contributed by atoms with E-state index < -0.39 is 0 Å². The van der Waals surface area contributed by atoms with E-state index in [4.69, 9.17) is 0 Å². The highest BCUT2D eigenvalue weighted by molar-refractivity contribution is 8.15. The Balaban J connectivity index is 1.36. The van der Waals surface area contributed by atoms with Crippen molar-refractivity contribution >= 4 is 22.8 Å². The lowest BCUT2D eigenvalue weighted by Gasteiger charge is -2.23. The number of thioether (sulfide) groups is 1. The molecule has 0 spiro atoms. The Hall–Kier alpha value is -1.49. The van der Waals surface area contributed by atoms with Gasteiger partial charge in [-0.1, -0.05) is 30.3 Å². The number of carbonyl (C=O) groups is 1. The average Bonchev–Trinajstić information content (AvgIpc) is 3.18. The topological polar surface area (TPSA) is 61.7 Å². The van der Waals surface area contributed by atoms with Crippen LogP contribution in [0.5, 0.6) is 5.75 Å². The summed E-state index contributed by atoms with van der Waals surface area (Å²) < 4.78 is 0. The third-order valence-electron chi connectivity index (χ3n) is 5.15. The minimum atomic E-state index is -0.134. The second-order valence-electron chi connectivity index (χ2n) is 6.66. The van der Waals surface area contributed by atoms with Gasteiger partial charge in [-0.05, 0) is 55.2 Å². The fraction of sp³-hybridized carbons (Fsp3) is 0.529. The third kappa shape index (κ3) is 2.74. The van der Waals surface area contributed by atoms with Crippen LogP contribution in [0.4, 0.5) is 0 Å². The number of amidine groups is 1. The molecule has 2 saturated carbocycles. The van der Waals surface area contributed by atoms with Crippen molar-refractivity contribution in [1.29, 1.82) is 0 Å². The summed E-state index contributed by atoms with van der Waals surface area (Å²) in [7, 11) is 0. The van der Waals surface area contributed by atoms with Crippen LogP contribution in [0.3, 0.4) is 0 Å². The SMILES string of the molecule is O=C1N=C(NC2CC3CCC2C3)SC1Cc1ccc(O)cc1. The first kappa shape index (κ1) is 14.1. The van der Waals surface area contributed by atoms with Gasteiger partial charge in [0.05, 0.1) is 5.25 Å². The number of aromatic hydroxyl groups is 1. The maximum atomic E-state index is 12.1. The summed E-state index contributed by atoms with van der Waals surface area (Å²) in [6.45, 7) is 0. The van der Waals surface area contributed by atoms with Crippen molar-refractivity contribution in [2.45, 2.75) is 43.4 Å². The van der Waals surface area contributed by atoms with Crippen molar-refractivity contribution in [3.8, 4) is 5.75 Å². The maximum absolute atomic E-state index is 12.1. The molecule has 0 radical (unpaired) electrons. The Labute approximate surface area is 134 Å². The zero-order chi connectivity index (χ0) is 15.1. The van der Waals surface area contributed by atoms with Crippen molar-refractivity contribution < 1.29 is 9.90 Å². The molecule has 2 fully saturated rings. The second kappa shape index (κ2) is 5.61. The Morgan fingerprint density at radius 1 is 1.23 bits per heavy atom. The van der Waals surface area contributed by atoms with Crippen LogP contribution in [-0.4, -0.2) is 27.5 Å². The van der Waals surface area contributed by atoms with Gasteiger partial charge in [0, 0.05) is 6.04 Å². The van der Waals surface area contributed by atoms with E-state index in [-0.39, 0.29) is 16.9 Å². The average molecular weight is 316 g/mol. The molecular weight excluding hydrogens is 296 g/mol. The molecular formula is C17H20N2O2S. The second-order valence-corrected chi connectivity index (χ2v) is 7.85. The van der Waals surface area contributed by atoms with E-state index >= 15 is 0 Å². The van der Waals surface area contributed by atoms with Gasteiger partial charge >= 0.3 is 0 Å². The molecule has 1 amide bonds. The Bertz CT molecular complexity index is 614. The highest BCUT2D eigenvalue weighted by Crippen LogP contribution is 2.44. The molecule has 4 rings (SSSR count). The summed E-state index contributed by atoms with van der Waals surface area (Å²) in [5.74, 6) is 1.88. The number of phenols is 1. The van der Waals surface area contributed by atoms with E-state index in [0.29, 0.717) is 12.5 Å². The number of benzene rings is 1. The van der Waals surface area contributed by atoms with E-state index in [1.807, 2.05) is 12.1 Å². The Morgan fingerprint density at radius 2 is 2.05 bits per heavy atom. The summed E-state index contributed by atoms with van der Waals surface area (Å²) in [5.41, 5.74) is 1.06. The fourth-order valence-corrected chi connectivity index (χ4v) is 5.07. The number of fused-ring (bicyclic) bond motifs is 2. The number of hydrogen-bond acceptors (Lipinski definition) is 4. The number of amides is 1. The van der Waals surface area contributed by atoms with Crippen LogP contribution in [0.25, 0.3) is 0 Å². The minimum Gasteiger partial charge on any atom is -0.508 e. The van der Waals surface area contributed by atoms with Crippen LogP contribution in [0.1, 0.15) is 31.2 Å². The molecule has 2 aliphatic carbocycles. The quantitative estimate of drug-likeness (QED) is 0.900. The zero-order valence-corrected chi connectivity index (χ0v) is 13.2. The van der Waals surface area contributed by atoms with Gasteiger partial charge in [-0.2, -0.15) is 4.99 Å². The van der Waals surface area contributed by atoms with Crippen LogP contribution in [-0.2, 0) is 11.2 Å². The van der Waals surface area contributed by atoms with Gasteiger partial charge in [0.1, 0.15) is 5.75 Å². The largest absolute Gasteiger partial charge is 0.508 e. The number of carbonyl (C=O) groups excluding carboxylic acids is 1. The Kier molecular flexibility index (Phi) is 3.60. The van der Waals surface area contributed by atoms with Crippen LogP contribution in [0.2, 0.25) is 0 Å². The molecule has 0 saturated heterocycles. The van der Waals surface area contributed by atoms with Gasteiger partial charge < -0.3 is 10.4 Å². The number of nitrogens with zero attached hydrogens (tertiary/aromatic N) is 1. The van der Waals surface area contributed by atoms with Gasteiger partial charge in [-0.25, -0.2) is 0 Å². The van der Waals surface area contributed by atoms with Crippen molar-refractivity contribution in [2.24, 2.45) is 16.8 Å². The molecule has 1 aromatic carbocycles. The van der Waals surface area contributed by atoms with E-state index in [0.717, 1.165) is 22.6 Å². The van der Waals surface area contributed by atoms with Gasteiger partial charge in [0.15, 0.2) is 5.17 Å². The van der Waals surface area contributed by atoms with E-state index in [2.05, 4.69) is 10.3 Å². The monoisotopic (exact) mass is 316 g/mol. The smallest absolute Gasteiger partial charge is 0.261 e.